The van der Waals surface area contributed by atoms with Gasteiger partial charge in [-0.05, 0) is 0 Å². The molecule has 15 heteroatoms. The zero-order valence-corrected chi connectivity index (χ0v) is 16.5. The molecule has 1 aromatic rings. The molecule has 1 heterocycles. The van der Waals surface area contributed by atoms with Gasteiger partial charge in [-0.3, -0.25) is 13.7 Å². The first-order valence-electron chi connectivity index (χ1n) is 6.11. The third-order valence-corrected chi connectivity index (χ3v) is 7.73. The van der Waals surface area contributed by atoms with E-state index >= 15 is 0 Å². The first-order chi connectivity index (χ1) is 11.2. The van der Waals surface area contributed by atoms with Crippen LogP contribution in [-0.2, 0) is 40.8 Å². The normalized spacial score (nSPS) is 13.2. The Labute approximate surface area is 138 Å². The third kappa shape index (κ3) is 3.99. The highest BCUT2D eigenvalue weighted by atomic mass is 31.2. The van der Waals surface area contributed by atoms with Crippen LogP contribution >= 0.6 is 22.8 Å². The second-order valence-electron chi connectivity index (χ2n) is 3.82. The van der Waals surface area contributed by atoms with E-state index in [1.165, 1.54) is 0 Å². The smallest absolute Gasteiger partial charge is 0.306 e. The zero-order valence-electron chi connectivity index (χ0n) is 13.9. The maximum Gasteiger partial charge on any atom is 0.398 e. The first kappa shape index (κ1) is 21.5. The zero-order chi connectivity index (χ0) is 18.6. The van der Waals surface area contributed by atoms with Crippen molar-refractivity contribution < 1.29 is 40.8 Å². The van der Waals surface area contributed by atoms with Gasteiger partial charge in [0.1, 0.15) is 0 Å². The molecule has 0 radical (unpaired) electrons. The summed E-state index contributed by atoms with van der Waals surface area (Å²) in [4.78, 5) is 11.3. The number of hydrogen-bond acceptors (Lipinski definition) is 12. The monoisotopic (exact) mass is 405 g/mol. The van der Waals surface area contributed by atoms with Crippen LogP contribution in [-0.4, -0.2) is 57.6 Å². The maximum atomic E-state index is 12.5. The molecule has 0 amide bonds. The minimum absolute atomic E-state index is 0.559. The van der Waals surface area contributed by atoms with E-state index in [1.807, 2.05) is 0 Å². The average molecular weight is 405 g/mol. The van der Waals surface area contributed by atoms with E-state index in [4.69, 9.17) is 27.1 Å². The molecule has 0 aromatic carbocycles. The van der Waals surface area contributed by atoms with Crippen molar-refractivity contribution in [1.82, 2.24) is 15.0 Å². The molecule has 0 aliphatic rings. The Morgan fingerprint density at radius 1 is 0.500 bits per heavy atom. The van der Waals surface area contributed by atoms with Crippen molar-refractivity contribution in [1.29, 1.82) is 0 Å². The summed E-state index contributed by atoms with van der Waals surface area (Å²) in [6.45, 7) is 0. The Hall–Kier alpha value is -0.540. The van der Waals surface area contributed by atoms with Gasteiger partial charge in [0.05, 0.1) is 0 Å². The van der Waals surface area contributed by atoms with Gasteiger partial charge in [-0.25, -0.2) is 0 Å². The fourth-order valence-electron chi connectivity index (χ4n) is 1.42. The van der Waals surface area contributed by atoms with E-state index in [1.54, 1.807) is 0 Å². The first-order valence-corrected chi connectivity index (χ1v) is 10.7. The van der Waals surface area contributed by atoms with Crippen molar-refractivity contribution in [2.45, 2.75) is 0 Å². The fraction of sp³-hybridized carbons (Fsp3) is 0.667. The largest absolute Gasteiger partial charge is 0.398 e. The predicted octanol–water partition coefficient (Wildman–Crippen LogP) is 0.205. The van der Waals surface area contributed by atoms with Crippen LogP contribution in [0.5, 0.6) is 0 Å². The van der Waals surface area contributed by atoms with Crippen molar-refractivity contribution in [2.24, 2.45) is 0 Å². The Kier molecular flexibility index (Phi) is 7.37. The summed E-state index contributed by atoms with van der Waals surface area (Å²) in [6.07, 6.45) is 0. The molecular weight excluding hydrogens is 387 g/mol. The minimum atomic E-state index is -4.00. The molecule has 0 fully saturated rings. The average Bonchev–Trinajstić information content (AvgIpc) is 2.65. The van der Waals surface area contributed by atoms with E-state index in [0.717, 1.165) is 42.7 Å². The lowest BCUT2D eigenvalue weighted by molar-refractivity contribution is 0.282. The van der Waals surface area contributed by atoms with Crippen LogP contribution in [0, 0.1) is 0 Å². The molecule has 0 saturated carbocycles. The third-order valence-electron chi connectivity index (χ3n) is 2.78. The van der Waals surface area contributed by atoms with Crippen LogP contribution in [0.3, 0.4) is 0 Å². The van der Waals surface area contributed by atoms with Crippen molar-refractivity contribution in [3.8, 4) is 0 Å². The van der Waals surface area contributed by atoms with Gasteiger partial charge < -0.3 is 27.1 Å². The highest BCUT2D eigenvalue weighted by Crippen LogP contribution is 2.48. The summed E-state index contributed by atoms with van der Waals surface area (Å²) in [7, 11) is -5.45. The molecule has 0 unspecified atom stereocenters. The number of rotatable bonds is 9. The molecule has 0 aliphatic carbocycles. The molecule has 0 bridgehead atoms. The lowest BCUT2D eigenvalue weighted by Gasteiger charge is -2.18. The SMILES string of the molecule is COP(=O)(OC)c1nc(P(=O)(OC)OC)nc(P(=O)(OC)OC)n1. The second kappa shape index (κ2) is 8.23. The van der Waals surface area contributed by atoms with Gasteiger partial charge in [0, 0.05) is 42.7 Å². The molecule has 1 rings (SSSR count). The standard InChI is InChI=1S/C9H18N3O9P3/c1-16-22(13,17-2)7-10-8(23(14,18-3)19-4)12-9(11-7)24(15,20-5)21-6/h1-6H3. The van der Waals surface area contributed by atoms with Gasteiger partial charge in [0.15, 0.2) is 0 Å². The van der Waals surface area contributed by atoms with Crippen LogP contribution in [0.15, 0.2) is 0 Å². The summed E-state index contributed by atoms with van der Waals surface area (Å²) in [5.41, 5.74) is -1.68. The quantitative estimate of drug-likeness (QED) is 0.518. The van der Waals surface area contributed by atoms with E-state index in [2.05, 4.69) is 15.0 Å². The molecule has 0 saturated heterocycles. The van der Waals surface area contributed by atoms with Crippen LogP contribution in [0.25, 0.3) is 0 Å². The number of hydrogen-bond donors (Lipinski definition) is 0. The van der Waals surface area contributed by atoms with E-state index in [-0.39, 0.29) is 0 Å². The lowest BCUT2D eigenvalue weighted by atomic mass is 11.1. The summed E-state index contributed by atoms with van der Waals surface area (Å²) in [5.74, 6) is 0. The van der Waals surface area contributed by atoms with Gasteiger partial charge in [-0.1, -0.05) is 0 Å². The summed E-state index contributed by atoms with van der Waals surface area (Å²) >= 11 is 0. The van der Waals surface area contributed by atoms with E-state index in [0.29, 0.717) is 0 Å². The Morgan fingerprint density at radius 3 is 0.792 bits per heavy atom. The highest BCUT2D eigenvalue weighted by Gasteiger charge is 2.40. The van der Waals surface area contributed by atoms with Crippen molar-refractivity contribution in [3.63, 3.8) is 0 Å². The topological polar surface area (TPSA) is 145 Å². The molecule has 12 nitrogen and oxygen atoms in total. The van der Waals surface area contributed by atoms with Gasteiger partial charge >= 0.3 is 22.8 Å². The van der Waals surface area contributed by atoms with E-state index < -0.39 is 39.5 Å². The van der Waals surface area contributed by atoms with Crippen molar-refractivity contribution >= 4 is 39.5 Å². The Bertz CT molecular complexity index is 596. The van der Waals surface area contributed by atoms with Gasteiger partial charge in [-0.2, -0.15) is 15.0 Å². The van der Waals surface area contributed by atoms with Crippen LogP contribution < -0.4 is 16.7 Å². The van der Waals surface area contributed by atoms with Crippen LogP contribution in [0.1, 0.15) is 0 Å². The lowest BCUT2D eigenvalue weighted by Crippen LogP contribution is -2.37. The number of aromatic nitrogens is 3. The van der Waals surface area contributed by atoms with Gasteiger partial charge in [-0.15, -0.1) is 0 Å². The molecule has 24 heavy (non-hydrogen) atoms. The predicted molar refractivity (Wildman–Crippen MR) is 83.6 cm³/mol. The van der Waals surface area contributed by atoms with Crippen LogP contribution in [0.4, 0.5) is 0 Å². The molecule has 0 spiro atoms. The molecule has 138 valence electrons. The molecule has 0 N–H and O–H groups in total. The summed E-state index contributed by atoms with van der Waals surface area (Å²) in [5, 5.41) is 0. The molecule has 1 aromatic heterocycles. The minimum Gasteiger partial charge on any atom is -0.306 e. The van der Waals surface area contributed by atoms with Crippen LogP contribution in [0.2, 0.25) is 0 Å². The van der Waals surface area contributed by atoms with Gasteiger partial charge in [0.2, 0.25) is 16.7 Å². The van der Waals surface area contributed by atoms with Crippen molar-refractivity contribution in [2.75, 3.05) is 42.7 Å². The van der Waals surface area contributed by atoms with Gasteiger partial charge in [0.25, 0.3) is 0 Å². The Morgan fingerprint density at radius 2 is 0.667 bits per heavy atom. The molecule has 0 atom stereocenters. The maximum absolute atomic E-state index is 12.5. The molecule has 0 aliphatic heterocycles. The Balaban J connectivity index is 3.79. The molecular formula is C9H18N3O9P3. The highest BCUT2D eigenvalue weighted by molar-refractivity contribution is 7.64. The van der Waals surface area contributed by atoms with Crippen molar-refractivity contribution in [3.05, 3.63) is 0 Å². The fourth-order valence-corrected chi connectivity index (χ4v) is 4.39. The van der Waals surface area contributed by atoms with E-state index in [9.17, 15) is 13.7 Å². The second-order valence-corrected chi connectivity index (χ2v) is 10.2. The number of nitrogens with zero attached hydrogens (tertiary/aromatic N) is 3. The summed E-state index contributed by atoms with van der Waals surface area (Å²) < 4.78 is 66.3. The summed E-state index contributed by atoms with van der Waals surface area (Å²) in [6, 6.07) is 0.